The fourth-order valence-electron chi connectivity index (χ4n) is 1.93. The van der Waals surface area contributed by atoms with Crippen molar-refractivity contribution >= 4 is 5.91 Å². The number of carbonyl (C=O) groups excluding carboxylic acids is 1. The van der Waals surface area contributed by atoms with Crippen LogP contribution in [0.5, 0.6) is 0 Å². The van der Waals surface area contributed by atoms with Gasteiger partial charge < -0.3 is 11.5 Å². The third-order valence-corrected chi connectivity index (χ3v) is 3.17. The van der Waals surface area contributed by atoms with Crippen LogP contribution in [0.3, 0.4) is 0 Å². The van der Waals surface area contributed by atoms with Crippen molar-refractivity contribution in [3.05, 3.63) is 64.6 Å². The van der Waals surface area contributed by atoms with Crippen molar-refractivity contribution in [1.29, 1.82) is 0 Å². The summed E-state index contributed by atoms with van der Waals surface area (Å²) in [5.74, 6) is -0.541. The van der Waals surface area contributed by atoms with Gasteiger partial charge >= 0.3 is 0 Å². The highest BCUT2D eigenvalue weighted by Crippen LogP contribution is 2.13. The van der Waals surface area contributed by atoms with Crippen molar-refractivity contribution in [3.63, 3.8) is 0 Å². The third kappa shape index (κ3) is 2.95. The average Bonchev–Trinajstić information content (AvgIpc) is 2.40. The molecule has 4 N–H and O–H groups in total. The Morgan fingerprint density at radius 2 is 1.85 bits per heavy atom. The Labute approximate surface area is 116 Å². The van der Waals surface area contributed by atoms with E-state index in [0.29, 0.717) is 6.42 Å². The third-order valence-electron chi connectivity index (χ3n) is 3.17. The van der Waals surface area contributed by atoms with E-state index in [1.165, 1.54) is 6.07 Å². The maximum absolute atomic E-state index is 11.7. The molecule has 2 aromatic rings. The SMILES string of the molecule is C[C@@](N)(Cc1ccc(-n2ccccc2=O)cc1)C(N)=O. The molecule has 0 bridgehead atoms. The lowest BCUT2D eigenvalue weighted by atomic mass is 9.93. The standard InChI is InChI=1S/C15H17N3O2/c1-15(17,14(16)20)10-11-5-7-12(8-6-11)18-9-3-2-4-13(18)19/h2-9H,10,17H2,1H3,(H2,16,20)/t15-/m1/s1. The molecule has 0 unspecified atom stereocenters. The summed E-state index contributed by atoms with van der Waals surface area (Å²) in [6, 6.07) is 12.3. The molecule has 0 aliphatic heterocycles. The molecule has 0 saturated heterocycles. The summed E-state index contributed by atoms with van der Waals surface area (Å²) in [5.41, 5.74) is 11.6. The van der Waals surface area contributed by atoms with Crippen LogP contribution in [0.4, 0.5) is 0 Å². The zero-order valence-electron chi connectivity index (χ0n) is 11.2. The predicted molar refractivity (Wildman–Crippen MR) is 77.5 cm³/mol. The first-order chi connectivity index (χ1) is 9.40. The van der Waals surface area contributed by atoms with Gasteiger partial charge in [-0.15, -0.1) is 0 Å². The Morgan fingerprint density at radius 1 is 1.20 bits per heavy atom. The van der Waals surface area contributed by atoms with Crippen molar-refractivity contribution < 1.29 is 4.79 Å². The second-order valence-corrected chi connectivity index (χ2v) is 5.03. The molecule has 1 heterocycles. The molecule has 20 heavy (non-hydrogen) atoms. The van der Waals surface area contributed by atoms with E-state index in [-0.39, 0.29) is 5.56 Å². The molecule has 0 aliphatic rings. The number of aromatic nitrogens is 1. The first-order valence-corrected chi connectivity index (χ1v) is 6.26. The van der Waals surface area contributed by atoms with Gasteiger partial charge in [-0.2, -0.15) is 0 Å². The summed E-state index contributed by atoms with van der Waals surface area (Å²) in [6.45, 7) is 1.60. The maximum Gasteiger partial charge on any atom is 0.255 e. The quantitative estimate of drug-likeness (QED) is 0.852. The summed E-state index contributed by atoms with van der Waals surface area (Å²) in [5, 5.41) is 0. The number of rotatable bonds is 4. The zero-order chi connectivity index (χ0) is 14.8. The Hall–Kier alpha value is -2.40. The van der Waals surface area contributed by atoms with Crippen LogP contribution in [0.25, 0.3) is 5.69 Å². The van der Waals surface area contributed by atoms with E-state index in [1.807, 2.05) is 24.3 Å². The van der Waals surface area contributed by atoms with Crippen LogP contribution in [0.2, 0.25) is 0 Å². The molecule has 0 aliphatic carbocycles. The number of amides is 1. The molecule has 5 nitrogen and oxygen atoms in total. The second-order valence-electron chi connectivity index (χ2n) is 5.03. The van der Waals surface area contributed by atoms with Crippen LogP contribution in [0, 0.1) is 0 Å². The molecule has 1 aromatic carbocycles. The molecule has 0 fully saturated rings. The number of nitrogens with zero attached hydrogens (tertiary/aromatic N) is 1. The Bertz CT molecular complexity index is 672. The molecule has 1 amide bonds. The van der Waals surface area contributed by atoms with Gasteiger partial charge in [0.2, 0.25) is 5.91 Å². The summed E-state index contributed by atoms with van der Waals surface area (Å²) in [7, 11) is 0. The lowest BCUT2D eigenvalue weighted by Gasteiger charge is -2.20. The van der Waals surface area contributed by atoms with Gasteiger partial charge in [-0.1, -0.05) is 18.2 Å². The van der Waals surface area contributed by atoms with E-state index >= 15 is 0 Å². The van der Waals surface area contributed by atoms with Crippen LogP contribution in [0.1, 0.15) is 12.5 Å². The van der Waals surface area contributed by atoms with E-state index in [0.717, 1.165) is 11.3 Å². The van der Waals surface area contributed by atoms with Gasteiger partial charge in [0.05, 0.1) is 5.54 Å². The minimum atomic E-state index is -1.08. The van der Waals surface area contributed by atoms with E-state index in [4.69, 9.17) is 11.5 Å². The zero-order valence-corrected chi connectivity index (χ0v) is 11.2. The first kappa shape index (κ1) is 14.0. The monoisotopic (exact) mass is 271 g/mol. The highest BCUT2D eigenvalue weighted by atomic mass is 16.1. The predicted octanol–water partition coefficient (Wildman–Crippen LogP) is 0.583. The fraction of sp³-hybridized carbons (Fsp3) is 0.200. The number of primary amides is 1. The number of pyridine rings is 1. The number of benzene rings is 1. The topological polar surface area (TPSA) is 91.1 Å². The van der Waals surface area contributed by atoms with Crippen LogP contribution in [-0.2, 0) is 11.2 Å². The molecule has 2 rings (SSSR count). The van der Waals surface area contributed by atoms with E-state index in [9.17, 15) is 9.59 Å². The Kier molecular flexibility index (Phi) is 3.72. The van der Waals surface area contributed by atoms with Crippen LogP contribution in [-0.4, -0.2) is 16.0 Å². The van der Waals surface area contributed by atoms with Crippen LogP contribution in [0.15, 0.2) is 53.5 Å². The molecular formula is C15H17N3O2. The molecule has 1 aromatic heterocycles. The molecule has 1 atom stereocenters. The molecule has 0 saturated carbocycles. The minimum absolute atomic E-state index is 0.0963. The fourth-order valence-corrected chi connectivity index (χ4v) is 1.93. The van der Waals surface area contributed by atoms with Gasteiger partial charge in [0.15, 0.2) is 0 Å². The van der Waals surface area contributed by atoms with Crippen LogP contribution >= 0.6 is 0 Å². The van der Waals surface area contributed by atoms with Gasteiger partial charge in [0.1, 0.15) is 0 Å². The maximum atomic E-state index is 11.7. The number of hydrogen-bond acceptors (Lipinski definition) is 3. The smallest absolute Gasteiger partial charge is 0.255 e. The Morgan fingerprint density at radius 3 is 2.40 bits per heavy atom. The Balaban J connectivity index is 2.26. The summed E-state index contributed by atoms with van der Waals surface area (Å²) in [4.78, 5) is 22.9. The highest BCUT2D eigenvalue weighted by molar-refractivity contribution is 5.84. The van der Waals surface area contributed by atoms with E-state index in [2.05, 4.69) is 0 Å². The van der Waals surface area contributed by atoms with Crippen molar-refractivity contribution in [2.24, 2.45) is 11.5 Å². The summed E-state index contributed by atoms with van der Waals surface area (Å²) < 4.78 is 1.54. The van der Waals surface area contributed by atoms with Gasteiger partial charge in [-0.3, -0.25) is 14.2 Å². The van der Waals surface area contributed by atoms with E-state index in [1.54, 1.807) is 29.8 Å². The normalized spacial score (nSPS) is 13.7. The average molecular weight is 271 g/mol. The molecular weight excluding hydrogens is 254 g/mol. The highest BCUT2D eigenvalue weighted by Gasteiger charge is 2.25. The lowest BCUT2D eigenvalue weighted by molar-refractivity contribution is -0.122. The van der Waals surface area contributed by atoms with Crippen LogP contribution < -0.4 is 17.0 Å². The lowest BCUT2D eigenvalue weighted by Crippen LogP contribution is -2.51. The molecule has 104 valence electrons. The van der Waals surface area contributed by atoms with E-state index < -0.39 is 11.4 Å². The summed E-state index contributed by atoms with van der Waals surface area (Å²) >= 11 is 0. The van der Waals surface area contributed by atoms with Crippen molar-refractivity contribution in [3.8, 4) is 5.69 Å². The molecule has 5 heteroatoms. The van der Waals surface area contributed by atoms with Gasteiger partial charge in [-0.25, -0.2) is 0 Å². The largest absolute Gasteiger partial charge is 0.368 e. The number of hydrogen-bond donors (Lipinski definition) is 2. The number of nitrogens with two attached hydrogens (primary N) is 2. The first-order valence-electron chi connectivity index (χ1n) is 6.26. The van der Waals surface area contributed by atoms with Crippen molar-refractivity contribution in [2.45, 2.75) is 18.9 Å². The van der Waals surface area contributed by atoms with Gasteiger partial charge in [0.25, 0.3) is 5.56 Å². The minimum Gasteiger partial charge on any atom is -0.368 e. The van der Waals surface area contributed by atoms with Gasteiger partial charge in [0, 0.05) is 18.0 Å². The van der Waals surface area contributed by atoms with Crippen molar-refractivity contribution in [1.82, 2.24) is 4.57 Å². The second kappa shape index (κ2) is 5.30. The van der Waals surface area contributed by atoms with Crippen molar-refractivity contribution in [2.75, 3.05) is 0 Å². The molecule has 0 radical (unpaired) electrons. The number of carbonyl (C=O) groups is 1. The van der Waals surface area contributed by atoms with Gasteiger partial charge in [-0.05, 0) is 37.1 Å². The summed E-state index contributed by atoms with van der Waals surface area (Å²) in [6.07, 6.45) is 2.06. The molecule has 0 spiro atoms.